The molecule has 0 saturated carbocycles. The molecule has 0 radical (unpaired) electrons. The molecular formula is C26H31ClN4O6S. The van der Waals surface area contributed by atoms with Crippen molar-refractivity contribution in [2.24, 2.45) is 5.92 Å². The van der Waals surface area contributed by atoms with Gasteiger partial charge in [-0.3, -0.25) is 14.3 Å². The van der Waals surface area contributed by atoms with Gasteiger partial charge in [0.15, 0.2) is 0 Å². The fourth-order valence-electron chi connectivity index (χ4n) is 4.92. The molecule has 0 bridgehead atoms. The van der Waals surface area contributed by atoms with Crippen molar-refractivity contribution in [3.05, 3.63) is 64.7 Å². The Kier molecular flexibility index (Phi) is 8.47. The molecule has 0 unspecified atom stereocenters. The zero-order valence-electron chi connectivity index (χ0n) is 21.0. The average molecular weight is 563 g/mol. The van der Waals surface area contributed by atoms with Gasteiger partial charge >= 0.3 is 6.09 Å². The predicted molar refractivity (Wildman–Crippen MR) is 144 cm³/mol. The summed E-state index contributed by atoms with van der Waals surface area (Å²) in [5.41, 5.74) is 2.28. The van der Waals surface area contributed by atoms with Crippen molar-refractivity contribution in [2.75, 3.05) is 37.2 Å². The van der Waals surface area contributed by atoms with Gasteiger partial charge in [-0.1, -0.05) is 41.9 Å². The summed E-state index contributed by atoms with van der Waals surface area (Å²) in [7, 11) is -3.43. The number of likely N-dealkylation sites (tertiary alicyclic amines) is 2. The normalized spacial score (nSPS) is 17.4. The lowest BCUT2D eigenvalue weighted by molar-refractivity contribution is -0.139. The number of rotatable bonds is 8. The third-order valence-corrected chi connectivity index (χ3v) is 7.84. The first-order valence-electron chi connectivity index (χ1n) is 12.4. The van der Waals surface area contributed by atoms with Crippen LogP contribution < -0.4 is 10.0 Å². The van der Waals surface area contributed by atoms with Gasteiger partial charge in [0.25, 0.3) is 0 Å². The first-order valence-corrected chi connectivity index (χ1v) is 14.7. The van der Waals surface area contributed by atoms with Crippen molar-refractivity contribution in [1.82, 2.24) is 15.1 Å². The van der Waals surface area contributed by atoms with E-state index in [-0.39, 0.29) is 37.2 Å². The molecule has 2 saturated heterocycles. The van der Waals surface area contributed by atoms with Gasteiger partial charge in [0, 0.05) is 37.6 Å². The van der Waals surface area contributed by atoms with Gasteiger partial charge in [0.05, 0.1) is 17.9 Å². The summed E-state index contributed by atoms with van der Waals surface area (Å²) >= 11 is 6.00. The van der Waals surface area contributed by atoms with Crippen molar-refractivity contribution in [2.45, 2.75) is 31.2 Å². The first kappa shape index (κ1) is 27.7. The van der Waals surface area contributed by atoms with Crippen molar-refractivity contribution in [3.8, 4) is 0 Å². The molecule has 2 aromatic carbocycles. The number of amides is 3. The highest BCUT2D eigenvalue weighted by atomic mass is 35.5. The van der Waals surface area contributed by atoms with Gasteiger partial charge in [-0.05, 0) is 48.1 Å². The molecule has 3 N–H and O–H groups in total. The zero-order chi connectivity index (χ0) is 27.4. The molecule has 10 nitrogen and oxygen atoms in total. The Labute approximate surface area is 227 Å². The number of carbonyl (C=O) groups excluding carboxylic acids is 2. The molecule has 0 spiro atoms. The van der Waals surface area contributed by atoms with Crippen LogP contribution in [0.15, 0.2) is 48.5 Å². The molecule has 12 heteroatoms. The second kappa shape index (κ2) is 11.6. The molecule has 0 aliphatic carbocycles. The molecule has 3 amide bonds. The maximum Gasteiger partial charge on any atom is 0.407 e. The fourth-order valence-corrected chi connectivity index (χ4v) is 5.63. The van der Waals surface area contributed by atoms with E-state index in [9.17, 15) is 22.8 Å². The largest absolute Gasteiger partial charge is 0.465 e. The fraction of sp³-hybridized carbons (Fsp3) is 0.423. The lowest BCUT2D eigenvalue weighted by Gasteiger charge is -2.38. The number of halogens is 1. The second-order valence-electron chi connectivity index (χ2n) is 9.84. The van der Waals surface area contributed by atoms with E-state index >= 15 is 0 Å². The molecule has 2 aliphatic heterocycles. The Morgan fingerprint density at radius 1 is 1.03 bits per heavy atom. The number of hydrogen-bond donors (Lipinski definition) is 3. The number of sulfonamides is 1. The molecule has 2 aromatic rings. The number of hydrogen-bond acceptors (Lipinski definition) is 5. The van der Waals surface area contributed by atoms with E-state index in [0.717, 1.165) is 22.3 Å². The van der Waals surface area contributed by atoms with E-state index in [0.29, 0.717) is 36.6 Å². The molecule has 38 heavy (non-hydrogen) atoms. The number of nitrogens with one attached hydrogen (secondary N) is 2. The zero-order valence-corrected chi connectivity index (χ0v) is 22.5. The van der Waals surface area contributed by atoms with Crippen LogP contribution in [0.2, 0.25) is 5.02 Å². The molecule has 4 rings (SSSR count). The van der Waals surface area contributed by atoms with E-state index < -0.39 is 28.1 Å². The minimum atomic E-state index is -3.43. The number of piperidine rings is 1. The summed E-state index contributed by atoms with van der Waals surface area (Å²) in [5.74, 6) is -0.962. The number of carboxylic acid groups (broad SMARTS) is 1. The number of para-hydroxylation sites is 1. The molecular weight excluding hydrogens is 532 g/mol. The number of nitrogens with zero attached hydrogens (tertiary/aromatic N) is 2. The Bertz CT molecular complexity index is 1290. The summed E-state index contributed by atoms with van der Waals surface area (Å²) in [4.78, 5) is 40.4. The highest BCUT2D eigenvalue weighted by Gasteiger charge is 2.38. The van der Waals surface area contributed by atoms with E-state index in [1.54, 1.807) is 29.2 Å². The van der Waals surface area contributed by atoms with E-state index in [4.69, 9.17) is 16.7 Å². The maximum atomic E-state index is 13.6. The summed E-state index contributed by atoms with van der Waals surface area (Å²) < 4.78 is 26.2. The van der Waals surface area contributed by atoms with E-state index in [2.05, 4.69) is 10.0 Å². The third kappa shape index (κ3) is 6.96. The lowest BCUT2D eigenvalue weighted by atomic mass is 9.88. The molecule has 0 aromatic heterocycles. The van der Waals surface area contributed by atoms with Crippen LogP contribution in [0.5, 0.6) is 0 Å². The van der Waals surface area contributed by atoms with Crippen LogP contribution in [0.1, 0.15) is 29.9 Å². The lowest BCUT2D eigenvalue weighted by Crippen LogP contribution is -2.59. The number of anilines is 1. The highest BCUT2D eigenvalue weighted by Crippen LogP contribution is 2.33. The molecule has 2 aliphatic rings. The molecule has 204 valence electrons. The van der Waals surface area contributed by atoms with Crippen LogP contribution in [-0.2, 0) is 26.0 Å². The molecule has 1 atom stereocenters. The smallest absolute Gasteiger partial charge is 0.407 e. The quantitative estimate of drug-likeness (QED) is 0.452. The van der Waals surface area contributed by atoms with E-state index in [1.807, 2.05) is 24.3 Å². The van der Waals surface area contributed by atoms with Gasteiger partial charge in [0.2, 0.25) is 21.8 Å². The van der Waals surface area contributed by atoms with Crippen LogP contribution in [0, 0.1) is 5.92 Å². The van der Waals surface area contributed by atoms with Gasteiger partial charge in [0.1, 0.15) is 6.04 Å². The highest BCUT2D eigenvalue weighted by molar-refractivity contribution is 7.92. The van der Waals surface area contributed by atoms with Crippen molar-refractivity contribution in [3.63, 3.8) is 0 Å². The summed E-state index contributed by atoms with van der Waals surface area (Å²) in [6.07, 6.45) is 1.61. The maximum absolute atomic E-state index is 13.6. The SMILES string of the molecule is CS(=O)(=O)Nc1ccccc1C1CCN(C(=O)[C@@H](Cc2ccc(Cl)cc2)NC(=O)C2CN(C(=O)O)C2)CC1. The van der Waals surface area contributed by atoms with Crippen LogP contribution in [-0.4, -0.2) is 79.7 Å². The average Bonchev–Trinajstić information content (AvgIpc) is 2.83. The van der Waals surface area contributed by atoms with E-state index in [1.165, 1.54) is 0 Å². The summed E-state index contributed by atoms with van der Waals surface area (Å²) in [5, 5.41) is 12.5. The predicted octanol–water partition coefficient (Wildman–Crippen LogP) is 2.75. The van der Waals surface area contributed by atoms with Crippen LogP contribution >= 0.6 is 11.6 Å². The van der Waals surface area contributed by atoms with Crippen LogP contribution in [0.3, 0.4) is 0 Å². The minimum Gasteiger partial charge on any atom is -0.465 e. The number of carbonyl (C=O) groups is 3. The third-order valence-electron chi connectivity index (χ3n) is 6.99. The Balaban J connectivity index is 1.43. The Morgan fingerprint density at radius 3 is 2.26 bits per heavy atom. The van der Waals surface area contributed by atoms with Crippen LogP contribution in [0.25, 0.3) is 0 Å². The Morgan fingerprint density at radius 2 is 1.66 bits per heavy atom. The minimum absolute atomic E-state index is 0.0748. The van der Waals surface area contributed by atoms with Crippen molar-refractivity contribution in [1.29, 1.82) is 0 Å². The van der Waals surface area contributed by atoms with Crippen molar-refractivity contribution < 1.29 is 27.9 Å². The second-order valence-corrected chi connectivity index (χ2v) is 12.0. The first-order chi connectivity index (χ1) is 18.0. The monoisotopic (exact) mass is 562 g/mol. The number of benzene rings is 2. The summed E-state index contributed by atoms with van der Waals surface area (Å²) in [6.45, 7) is 1.13. The standard InChI is InChI=1S/C26H31ClN4O6S/c1-38(36,37)29-22-5-3-2-4-21(22)18-10-12-30(13-11-18)25(33)23(14-17-6-8-20(27)9-7-17)28-24(32)19-15-31(16-19)26(34)35/h2-9,18-19,23,29H,10-16H2,1H3,(H,28,32)(H,34,35)/t23-/m1/s1. The van der Waals surface area contributed by atoms with Gasteiger partial charge in [-0.15, -0.1) is 0 Å². The van der Waals surface area contributed by atoms with Gasteiger partial charge < -0.3 is 20.2 Å². The topological polar surface area (TPSA) is 136 Å². The molecule has 2 heterocycles. The van der Waals surface area contributed by atoms with Crippen LogP contribution in [0.4, 0.5) is 10.5 Å². The van der Waals surface area contributed by atoms with Gasteiger partial charge in [-0.2, -0.15) is 0 Å². The Hall–Kier alpha value is -3.31. The van der Waals surface area contributed by atoms with Gasteiger partial charge in [-0.25, -0.2) is 13.2 Å². The van der Waals surface area contributed by atoms with Crippen molar-refractivity contribution >= 4 is 45.2 Å². The molecule has 2 fully saturated rings. The summed E-state index contributed by atoms with van der Waals surface area (Å²) in [6, 6.07) is 13.5.